The molecule has 0 spiro atoms. The molecule has 2 heteroatoms. The number of carboxylic acids is 1. The average molecular weight is 112 g/mol. The van der Waals surface area contributed by atoms with E-state index in [0.717, 1.165) is 0 Å². The monoisotopic (exact) mass is 112 g/mol. The fourth-order valence-corrected chi connectivity index (χ4v) is 0.264. The molecule has 0 aromatic carbocycles. The Morgan fingerprint density at radius 2 is 2.50 bits per heavy atom. The molecule has 0 bridgehead atoms. The molecule has 0 fully saturated rings. The van der Waals surface area contributed by atoms with Crippen molar-refractivity contribution in [1.29, 1.82) is 0 Å². The van der Waals surface area contributed by atoms with Gasteiger partial charge in [-0.3, -0.25) is 4.79 Å². The Morgan fingerprint density at radius 3 is 2.62 bits per heavy atom. The van der Waals surface area contributed by atoms with Crippen molar-refractivity contribution in [3.8, 4) is 12.3 Å². The normalized spacial score (nSPS) is 12.0. The summed E-state index contributed by atoms with van der Waals surface area (Å²) in [6, 6.07) is 0. The minimum Gasteiger partial charge on any atom is -0.481 e. The van der Waals surface area contributed by atoms with Crippen molar-refractivity contribution >= 4 is 5.97 Å². The van der Waals surface area contributed by atoms with Crippen molar-refractivity contribution in [2.45, 2.75) is 13.3 Å². The Kier molecular flexibility index (Phi) is 2.71. The van der Waals surface area contributed by atoms with Crippen LogP contribution in [0, 0.1) is 18.3 Å². The van der Waals surface area contributed by atoms with Gasteiger partial charge in [0.25, 0.3) is 0 Å². The first-order valence-electron chi connectivity index (χ1n) is 2.34. The van der Waals surface area contributed by atoms with Crippen molar-refractivity contribution in [2.24, 2.45) is 5.92 Å². The number of carboxylic acid groups (broad SMARTS) is 1. The van der Waals surface area contributed by atoms with Crippen LogP contribution in [-0.2, 0) is 4.79 Å². The lowest BCUT2D eigenvalue weighted by Crippen LogP contribution is -2.07. The van der Waals surface area contributed by atoms with Crippen molar-refractivity contribution in [3.63, 3.8) is 0 Å². The molecule has 0 aromatic rings. The highest BCUT2D eigenvalue weighted by Gasteiger charge is 2.06. The molecule has 0 aliphatic heterocycles. The number of terminal acetylenes is 1. The molecule has 44 valence electrons. The molecular formula is C6H8O2. The number of rotatable bonds is 2. The maximum Gasteiger partial charge on any atom is 0.307 e. The van der Waals surface area contributed by atoms with Crippen LogP contribution in [0.15, 0.2) is 0 Å². The van der Waals surface area contributed by atoms with Gasteiger partial charge in [0.05, 0.1) is 5.92 Å². The van der Waals surface area contributed by atoms with Crippen LogP contribution in [0.2, 0.25) is 0 Å². The summed E-state index contributed by atoms with van der Waals surface area (Å²) in [6.07, 6.45) is 5.17. The third-order valence-electron chi connectivity index (χ3n) is 0.846. The summed E-state index contributed by atoms with van der Waals surface area (Å²) >= 11 is 0. The Morgan fingerprint density at radius 1 is 2.00 bits per heavy atom. The number of hydrogen-bond donors (Lipinski definition) is 1. The fourth-order valence-electron chi connectivity index (χ4n) is 0.264. The molecule has 0 aliphatic carbocycles. The summed E-state index contributed by atoms with van der Waals surface area (Å²) in [5.74, 6) is 1.03. The largest absolute Gasteiger partial charge is 0.481 e. The topological polar surface area (TPSA) is 37.3 Å². The smallest absolute Gasteiger partial charge is 0.307 e. The summed E-state index contributed by atoms with van der Waals surface area (Å²) < 4.78 is 0. The molecule has 0 amide bonds. The Balaban J connectivity index is 3.52. The molecule has 0 rings (SSSR count). The second-order valence-electron chi connectivity index (χ2n) is 1.65. The molecule has 0 saturated heterocycles. The molecule has 1 N–H and O–H groups in total. The maximum atomic E-state index is 9.99. The third kappa shape index (κ3) is 2.25. The quantitative estimate of drug-likeness (QED) is 0.535. The van der Waals surface area contributed by atoms with Gasteiger partial charge in [-0.25, -0.2) is 0 Å². The van der Waals surface area contributed by atoms with Gasteiger partial charge in [-0.05, 0) is 0 Å². The average Bonchev–Trinajstić information content (AvgIpc) is 1.67. The SMILES string of the molecule is C#CC[C@H](C)C(=O)O. The minimum atomic E-state index is -0.831. The first kappa shape index (κ1) is 7.03. The van der Waals surface area contributed by atoms with E-state index in [-0.39, 0.29) is 0 Å². The van der Waals surface area contributed by atoms with Gasteiger partial charge in [-0.15, -0.1) is 12.3 Å². The van der Waals surface area contributed by atoms with E-state index in [4.69, 9.17) is 11.5 Å². The van der Waals surface area contributed by atoms with Gasteiger partial charge in [0.15, 0.2) is 0 Å². The number of carbonyl (C=O) groups is 1. The third-order valence-corrected chi connectivity index (χ3v) is 0.846. The first-order chi connectivity index (χ1) is 3.68. The fraction of sp³-hybridized carbons (Fsp3) is 0.500. The first-order valence-corrected chi connectivity index (χ1v) is 2.34. The van der Waals surface area contributed by atoms with E-state index in [0.29, 0.717) is 6.42 Å². The highest BCUT2D eigenvalue weighted by molar-refractivity contribution is 5.69. The van der Waals surface area contributed by atoms with Gasteiger partial charge in [0.2, 0.25) is 0 Å². The lowest BCUT2D eigenvalue weighted by atomic mass is 10.1. The Labute approximate surface area is 48.5 Å². The molecule has 1 atom stereocenters. The summed E-state index contributed by atoms with van der Waals surface area (Å²) in [7, 11) is 0. The van der Waals surface area contributed by atoms with Crippen molar-refractivity contribution < 1.29 is 9.90 Å². The zero-order chi connectivity index (χ0) is 6.57. The van der Waals surface area contributed by atoms with Crippen LogP contribution < -0.4 is 0 Å². The maximum absolute atomic E-state index is 9.99. The van der Waals surface area contributed by atoms with Crippen LogP contribution in [0.25, 0.3) is 0 Å². The molecule has 0 unspecified atom stereocenters. The highest BCUT2D eigenvalue weighted by atomic mass is 16.4. The van der Waals surface area contributed by atoms with Crippen molar-refractivity contribution in [2.75, 3.05) is 0 Å². The van der Waals surface area contributed by atoms with Crippen LogP contribution in [0.5, 0.6) is 0 Å². The van der Waals surface area contributed by atoms with Gasteiger partial charge < -0.3 is 5.11 Å². The minimum absolute atomic E-state index is 0.315. The van der Waals surface area contributed by atoms with Crippen LogP contribution in [0.3, 0.4) is 0 Å². The van der Waals surface area contributed by atoms with E-state index >= 15 is 0 Å². The summed E-state index contributed by atoms with van der Waals surface area (Å²) in [5.41, 5.74) is 0. The van der Waals surface area contributed by atoms with E-state index in [2.05, 4.69) is 5.92 Å². The Bertz CT molecular complexity index is 121. The number of aliphatic carboxylic acids is 1. The lowest BCUT2D eigenvalue weighted by molar-refractivity contribution is -0.140. The zero-order valence-corrected chi connectivity index (χ0v) is 4.72. The molecule has 8 heavy (non-hydrogen) atoms. The van der Waals surface area contributed by atoms with Gasteiger partial charge in [0, 0.05) is 6.42 Å². The van der Waals surface area contributed by atoms with Gasteiger partial charge >= 0.3 is 5.97 Å². The van der Waals surface area contributed by atoms with Crippen LogP contribution in [0.1, 0.15) is 13.3 Å². The second kappa shape index (κ2) is 3.09. The predicted octanol–water partition coefficient (Wildman–Crippen LogP) is 0.730. The predicted molar refractivity (Wildman–Crippen MR) is 30.2 cm³/mol. The summed E-state index contributed by atoms with van der Waals surface area (Å²) in [6.45, 7) is 1.59. The van der Waals surface area contributed by atoms with E-state index < -0.39 is 11.9 Å². The van der Waals surface area contributed by atoms with Gasteiger partial charge in [-0.2, -0.15) is 0 Å². The van der Waals surface area contributed by atoms with E-state index in [1.807, 2.05) is 0 Å². The highest BCUT2D eigenvalue weighted by Crippen LogP contribution is 1.97. The van der Waals surface area contributed by atoms with Crippen LogP contribution >= 0.6 is 0 Å². The molecule has 2 nitrogen and oxygen atoms in total. The lowest BCUT2D eigenvalue weighted by Gasteiger charge is -1.96. The zero-order valence-electron chi connectivity index (χ0n) is 4.72. The molecule has 0 saturated carbocycles. The molecule has 0 aliphatic rings. The molecule has 0 aromatic heterocycles. The number of hydrogen-bond acceptors (Lipinski definition) is 1. The summed E-state index contributed by atoms with van der Waals surface area (Å²) in [4.78, 5) is 9.99. The van der Waals surface area contributed by atoms with Crippen molar-refractivity contribution in [1.82, 2.24) is 0 Å². The van der Waals surface area contributed by atoms with E-state index in [9.17, 15) is 4.79 Å². The van der Waals surface area contributed by atoms with E-state index in [1.54, 1.807) is 6.92 Å². The standard InChI is InChI=1S/C6H8O2/c1-3-4-5(2)6(7)8/h1,5H,4H2,2H3,(H,7,8)/t5-/m0/s1. The van der Waals surface area contributed by atoms with Gasteiger partial charge in [0.1, 0.15) is 0 Å². The van der Waals surface area contributed by atoms with Crippen LogP contribution in [-0.4, -0.2) is 11.1 Å². The summed E-state index contributed by atoms with van der Waals surface area (Å²) in [5, 5.41) is 8.22. The van der Waals surface area contributed by atoms with Crippen molar-refractivity contribution in [3.05, 3.63) is 0 Å². The molecule has 0 radical (unpaired) electrons. The van der Waals surface area contributed by atoms with Crippen LogP contribution in [0.4, 0.5) is 0 Å². The van der Waals surface area contributed by atoms with Gasteiger partial charge in [-0.1, -0.05) is 6.92 Å². The second-order valence-corrected chi connectivity index (χ2v) is 1.65. The molecule has 0 heterocycles. The van der Waals surface area contributed by atoms with E-state index in [1.165, 1.54) is 0 Å². The Hall–Kier alpha value is -0.970. The molecular weight excluding hydrogens is 104 g/mol.